The zero-order valence-corrected chi connectivity index (χ0v) is 10.4. The molecule has 0 aliphatic rings. The number of aromatic nitrogens is 2. The van der Waals surface area contributed by atoms with Crippen LogP contribution in [0.2, 0.25) is 0 Å². The Morgan fingerprint density at radius 2 is 2.00 bits per heavy atom. The second kappa shape index (κ2) is 4.55. The molecule has 2 aromatic rings. The molecule has 5 heteroatoms. The van der Waals surface area contributed by atoms with Crippen molar-refractivity contribution in [2.75, 3.05) is 7.11 Å². The predicted molar refractivity (Wildman–Crippen MR) is 67.5 cm³/mol. The summed E-state index contributed by atoms with van der Waals surface area (Å²) in [7, 11) is 1.34. The molecule has 1 heterocycles. The Morgan fingerprint density at radius 3 is 2.65 bits per heavy atom. The van der Waals surface area contributed by atoms with Crippen molar-refractivity contribution in [1.29, 1.82) is 0 Å². The number of ether oxygens (including phenoxy) is 1. The Morgan fingerprint density at radius 1 is 1.29 bits per heavy atom. The molecule has 0 saturated heterocycles. The number of methoxy groups -OCH3 is 1. The van der Waals surface area contributed by atoms with E-state index in [0.29, 0.717) is 16.2 Å². The largest absolute Gasteiger partial charge is 0.464 e. The Balaban J connectivity index is 2.64. The molecule has 0 radical (unpaired) electrons. The van der Waals surface area contributed by atoms with Gasteiger partial charge in [0.1, 0.15) is 0 Å². The summed E-state index contributed by atoms with van der Waals surface area (Å²) in [4.78, 5) is 17.4. The Hall–Kier alpha value is -1.88. The highest BCUT2D eigenvalue weighted by atomic mass is 32.1. The SMILES string of the molecule is COC(=O)c1[nH]c(=S)[nH]c1-c1ccccc1C. The number of aryl methyl sites for hydroxylation is 1. The van der Waals surface area contributed by atoms with Gasteiger partial charge in [0, 0.05) is 5.56 Å². The minimum atomic E-state index is -0.435. The van der Waals surface area contributed by atoms with Crippen molar-refractivity contribution in [3.8, 4) is 11.3 Å². The first-order valence-corrected chi connectivity index (χ1v) is 5.51. The summed E-state index contributed by atoms with van der Waals surface area (Å²) in [5, 5.41) is 0. The second-order valence-electron chi connectivity index (χ2n) is 3.64. The third kappa shape index (κ3) is 2.14. The van der Waals surface area contributed by atoms with Gasteiger partial charge in [-0.05, 0) is 24.7 Å². The molecule has 0 bridgehead atoms. The molecule has 2 N–H and O–H groups in total. The molecule has 88 valence electrons. The van der Waals surface area contributed by atoms with Gasteiger partial charge in [0.25, 0.3) is 0 Å². The van der Waals surface area contributed by atoms with Crippen molar-refractivity contribution in [2.45, 2.75) is 6.92 Å². The van der Waals surface area contributed by atoms with Crippen molar-refractivity contribution < 1.29 is 9.53 Å². The molecule has 0 atom stereocenters. The number of esters is 1. The number of rotatable bonds is 2. The topological polar surface area (TPSA) is 57.9 Å². The zero-order chi connectivity index (χ0) is 12.4. The van der Waals surface area contributed by atoms with Crippen LogP contribution in [0.4, 0.5) is 0 Å². The lowest BCUT2D eigenvalue weighted by atomic mass is 10.0. The van der Waals surface area contributed by atoms with E-state index in [9.17, 15) is 4.79 Å². The van der Waals surface area contributed by atoms with E-state index in [-0.39, 0.29) is 0 Å². The molecule has 0 spiro atoms. The van der Waals surface area contributed by atoms with Crippen molar-refractivity contribution in [2.24, 2.45) is 0 Å². The van der Waals surface area contributed by atoms with Gasteiger partial charge in [-0.1, -0.05) is 24.3 Å². The van der Waals surface area contributed by atoms with Crippen LogP contribution in [0.25, 0.3) is 11.3 Å². The number of benzene rings is 1. The van der Waals surface area contributed by atoms with Crippen LogP contribution >= 0.6 is 12.2 Å². The van der Waals surface area contributed by atoms with Gasteiger partial charge in [-0.3, -0.25) is 0 Å². The number of H-pyrrole nitrogens is 2. The lowest BCUT2D eigenvalue weighted by Crippen LogP contribution is -2.04. The number of aromatic amines is 2. The van der Waals surface area contributed by atoms with E-state index in [1.807, 2.05) is 31.2 Å². The fourth-order valence-electron chi connectivity index (χ4n) is 1.69. The van der Waals surface area contributed by atoms with Crippen molar-refractivity contribution in [3.05, 3.63) is 40.3 Å². The summed E-state index contributed by atoms with van der Waals surface area (Å²) in [6, 6.07) is 7.75. The summed E-state index contributed by atoms with van der Waals surface area (Å²) < 4.78 is 5.12. The quantitative estimate of drug-likeness (QED) is 0.634. The minimum absolute atomic E-state index is 0.354. The van der Waals surface area contributed by atoms with Gasteiger partial charge in [-0.15, -0.1) is 0 Å². The lowest BCUT2D eigenvalue weighted by Gasteiger charge is -2.05. The van der Waals surface area contributed by atoms with Gasteiger partial charge >= 0.3 is 5.97 Å². The number of hydrogen-bond acceptors (Lipinski definition) is 3. The van der Waals surface area contributed by atoms with E-state index in [2.05, 4.69) is 9.97 Å². The van der Waals surface area contributed by atoms with E-state index < -0.39 is 5.97 Å². The van der Waals surface area contributed by atoms with Gasteiger partial charge in [0.05, 0.1) is 12.8 Å². The van der Waals surface area contributed by atoms with E-state index in [0.717, 1.165) is 11.1 Å². The highest BCUT2D eigenvalue weighted by Crippen LogP contribution is 2.24. The van der Waals surface area contributed by atoms with E-state index >= 15 is 0 Å². The average Bonchev–Trinajstić information content (AvgIpc) is 2.71. The fourth-order valence-corrected chi connectivity index (χ4v) is 1.90. The third-order valence-corrected chi connectivity index (χ3v) is 2.74. The number of hydrogen-bond donors (Lipinski definition) is 2. The molecule has 2 rings (SSSR count). The smallest absolute Gasteiger partial charge is 0.356 e. The summed E-state index contributed by atoms with van der Waals surface area (Å²) in [5.41, 5.74) is 3.01. The molecular weight excluding hydrogens is 236 g/mol. The summed E-state index contributed by atoms with van der Waals surface area (Å²) in [6.07, 6.45) is 0. The van der Waals surface area contributed by atoms with E-state index in [1.54, 1.807) is 0 Å². The molecule has 0 aliphatic heterocycles. The fraction of sp³-hybridized carbons (Fsp3) is 0.167. The zero-order valence-electron chi connectivity index (χ0n) is 9.53. The van der Waals surface area contributed by atoms with Crippen LogP contribution < -0.4 is 0 Å². The lowest BCUT2D eigenvalue weighted by molar-refractivity contribution is 0.0595. The summed E-state index contributed by atoms with van der Waals surface area (Å²) in [6.45, 7) is 1.97. The summed E-state index contributed by atoms with van der Waals surface area (Å²) in [5.74, 6) is -0.435. The van der Waals surface area contributed by atoms with Gasteiger partial charge in [-0.2, -0.15) is 0 Å². The van der Waals surface area contributed by atoms with Crippen LogP contribution in [-0.4, -0.2) is 23.0 Å². The van der Waals surface area contributed by atoms with Crippen molar-refractivity contribution in [3.63, 3.8) is 0 Å². The maximum atomic E-state index is 11.6. The van der Waals surface area contributed by atoms with Gasteiger partial charge < -0.3 is 14.7 Å². The van der Waals surface area contributed by atoms with Crippen molar-refractivity contribution in [1.82, 2.24) is 9.97 Å². The maximum absolute atomic E-state index is 11.6. The number of nitrogens with one attached hydrogen (secondary N) is 2. The molecule has 1 aromatic heterocycles. The minimum Gasteiger partial charge on any atom is -0.464 e. The molecule has 1 aromatic carbocycles. The van der Waals surface area contributed by atoms with Gasteiger partial charge in [-0.25, -0.2) is 4.79 Å². The third-order valence-electron chi connectivity index (χ3n) is 2.53. The van der Waals surface area contributed by atoms with Crippen molar-refractivity contribution >= 4 is 18.2 Å². The van der Waals surface area contributed by atoms with Crippen LogP contribution in [0, 0.1) is 11.7 Å². The van der Waals surface area contributed by atoms with E-state index in [1.165, 1.54) is 7.11 Å². The van der Waals surface area contributed by atoms with Crippen LogP contribution in [0.15, 0.2) is 24.3 Å². The molecule has 0 saturated carbocycles. The van der Waals surface area contributed by atoms with Crippen LogP contribution in [0.5, 0.6) is 0 Å². The molecule has 0 aliphatic carbocycles. The Kier molecular flexibility index (Phi) is 3.10. The Bertz CT molecular complexity index is 613. The van der Waals surface area contributed by atoms with E-state index in [4.69, 9.17) is 17.0 Å². The predicted octanol–water partition coefficient (Wildman–Crippen LogP) is 2.83. The molecule has 0 amide bonds. The molecule has 0 unspecified atom stereocenters. The van der Waals surface area contributed by atoms with Crippen LogP contribution in [-0.2, 0) is 4.74 Å². The van der Waals surface area contributed by atoms with Crippen LogP contribution in [0.3, 0.4) is 0 Å². The highest BCUT2D eigenvalue weighted by molar-refractivity contribution is 7.71. The molecule has 17 heavy (non-hydrogen) atoms. The average molecular weight is 248 g/mol. The highest BCUT2D eigenvalue weighted by Gasteiger charge is 2.17. The van der Waals surface area contributed by atoms with Crippen LogP contribution in [0.1, 0.15) is 16.1 Å². The van der Waals surface area contributed by atoms with Gasteiger partial charge in [0.15, 0.2) is 10.5 Å². The second-order valence-corrected chi connectivity index (χ2v) is 4.04. The van der Waals surface area contributed by atoms with Gasteiger partial charge in [0.2, 0.25) is 0 Å². The molecule has 0 fully saturated rings. The number of carbonyl (C=O) groups is 1. The first-order valence-electron chi connectivity index (χ1n) is 5.10. The normalized spacial score (nSPS) is 10.2. The number of imidazole rings is 1. The monoisotopic (exact) mass is 248 g/mol. The number of carbonyl (C=O) groups excluding carboxylic acids is 1. The first kappa shape index (κ1) is 11.6. The Labute approximate surface area is 104 Å². The first-order chi connectivity index (χ1) is 8.13. The molecule has 4 nitrogen and oxygen atoms in total. The molecular formula is C12H12N2O2S. The summed E-state index contributed by atoms with van der Waals surface area (Å²) >= 11 is 5.01. The maximum Gasteiger partial charge on any atom is 0.356 e. The standard InChI is InChI=1S/C12H12N2O2S/c1-7-5-3-4-6-8(7)9-10(11(15)16-2)14-12(17)13-9/h3-6H,1-2H3,(H2,13,14,17).